The number of hydrogen-bond acceptors (Lipinski definition) is 3. The van der Waals surface area contributed by atoms with Crippen LogP contribution in [0.4, 0.5) is 0 Å². The second-order valence-electron chi connectivity index (χ2n) is 5.87. The van der Waals surface area contributed by atoms with Gasteiger partial charge in [-0.3, -0.25) is 4.79 Å². The van der Waals surface area contributed by atoms with Crippen LogP contribution in [0.2, 0.25) is 0 Å². The Bertz CT molecular complexity index is 868. The molecule has 2 N–H and O–H groups in total. The van der Waals surface area contributed by atoms with Gasteiger partial charge >= 0.3 is 0 Å². The number of carbonyl (C=O) groups is 1. The maximum absolute atomic E-state index is 12.5. The highest BCUT2D eigenvalue weighted by molar-refractivity contribution is 5.98. The number of ether oxygens (including phenoxy) is 2. The monoisotopic (exact) mass is 322 g/mol. The number of hydrogen-bond donors (Lipinski definition) is 2. The SMILES string of the molecule is CC(NC(=O)c1cc2ccccc2[nH]1)c1ccc2c(c1)OCCO2. The Morgan fingerprint density at radius 3 is 2.71 bits per heavy atom. The van der Waals surface area contributed by atoms with E-state index in [9.17, 15) is 4.79 Å². The molecule has 1 aliphatic rings. The van der Waals surface area contributed by atoms with Crippen LogP contribution in [0.15, 0.2) is 48.5 Å². The number of nitrogens with one attached hydrogen (secondary N) is 2. The molecule has 1 atom stereocenters. The standard InChI is InChI=1S/C19H18N2O3/c1-12(13-6-7-17-18(11-13)24-9-8-23-17)20-19(22)16-10-14-4-2-3-5-15(14)21-16/h2-7,10-12,21H,8-9H2,1H3,(H,20,22). The van der Waals surface area contributed by atoms with E-state index < -0.39 is 0 Å². The van der Waals surface area contributed by atoms with Crippen molar-refractivity contribution in [2.45, 2.75) is 13.0 Å². The number of rotatable bonds is 3. The van der Waals surface area contributed by atoms with Gasteiger partial charge in [-0.2, -0.15) is 0 Å². The number of benzene rings is 2. The van der Waals surface area contributed by atoms with Gasteiger partial charge in [0.25, 0.3) is 5.91 Å². The molecule has 0 saturated heterocycles. The third kappa shape index (κ3) is 2.69. The minimum absolute atomic E-state index is 0.131. The van der Waals surface area contributed by atoms with Crippen LogP contribution < -0.4 is 14.8 Å². The zero-order valence-electron chi connectivity index (χ0n) is 13.3. The predicted molar refractivity (Wildman–Crippen MR) is 91.6 cm³/mol. The lowest BCUT2D eigenvalue weighted by atomic mass is 10.1. The van der Waals surface area contributed by atoms with Gasteiger partial charge in [-0.15, -0.1) is 0 Å². The first-order valence-electron chi connectivity index (χ1n) is 7.99. The lowest BCUT2D eigenvalue weighted by Crippen LogP contribution is -2.27. The van der Waals surface area contributed by atoms with Crippen LogP contribution in [0, 0.1) is 0 Å². The van der Waals surface area contributed by atoms with E-state index in [1.54, 1.807) is 0 Å². The lowest BCUT2D eigenvalue weighted by Gasteiger charge is -2.21. The summed E-state index contributed by atoms with van der Waals surface area (Å²) in [7, 11) is 0. The summed E-state index contributed by atoms with van der Waals surface area (Å²) < 4.78 is 11.1. The maximum atomic E-state index is 12.5. The van der Waals surface area contributed by atoms with E-state index >= 15 is 0 Å². The molecular formula is C19H18N2O3. The average molecular weight is 322 g/mol. The van der Waals surface area contributed by atoms with E-state index in [-0.39, 0.29) is 11.9 Å². The van der Waals surface area contributed by atoms with Gasteiger partial charge in [-0.05, 0) is 36.8 Å². The first kappa shape index (κ1) is 14.6. The van der Waals surface area contributed by atoms with E-state index in [2.05, 4.69) is 10.3 Å². The molecule has 5 nitrogen and oxygen atoms in total. The van der Waals surface area contributed by atoms with E-state index in [0.29, 0.717) is 18.9 Å². The van der Waals surface area contributed by atoms with Crippen LogP contribution in [0.1, 0.15) is 29.0 Å². The summed E-state index contributed by atoms with van der Waals surface area (Å²) >= 11 is 0. The maximum Gasteiger partial charge on any atom is 0.268 e. The molecule has 0 saturated carbocycles. The predicted octanol–water partition coefficient (Wildman–Crippen LogP) is 3.43. The molecule has 0 bridgehead atoms. The van der Waals surface area contributed by atoms with Gasteiger partial charge in [-0.25, -0.2) is 0 Å². The van der Waals surface area contributed by atoms with Gasteiger partial charge in [0.05, 0.1) is 6.04 Å². The van der Waals surface area contributed by atoms with E-state index in [0.717, 1.165) is 28.0 Å². The van der Waals surface area contributed by atoms with Gasteiger partial charge < -0.3 is 19.8 Å². The van der Waals surface area contributed by atoms with Gasteiger partial charge in [0, 0.05) is 10.9 Å². The molecule has 4 rings (SSSR count). The quantitative estimate of drug-likeness (QED) is 0.776. The van der Waals surface area contributed by atoms with Crippen molar-refractivity contribution in [3.8, 4) is 11.5 Å². The topological polar surface area (TPSA) is 63.4 Å². The Kier molecular flexibility index (Phi) is 3.61. The lowest BCUT2D eigenvalue weighted by molar-refractivity contribution is 0.0935. The number of para-hydroxylation sites is 1. The van der Waals surface area contributed by atoms with Crippen molar-refractivity contribution in [1.82, 2.24) is 10.3 Å². The molecule has 5 heteroatoms. The summed E-state index contributed by atoms with van der Waals surface area (Å²) in [5.41, 5.74) is 2.49. The molecule has 0 fully saturated rings. The molecule has 3 aromatic rings. The number of aromatic amines is 1. The molecular weight excluding hydrogens is 304 g/mol. The number of carbonyl (C=O) groups excluding carboxylic acids is 1. The van der Waals surface area contributed by atoms with Crippen molar-refractivity contribution in [3.05, 3.63) is 59.8 Å². The van der Waals surface area contributed by atoms with Crippen LogP contribution in [0.5, 0.6) is 11.5 Å². The fraction of sp³-hybridized carbons (Fsp3) is 0.211. The molecule has 1 unspecified atom stereocenters. The molecule has 0 spiro atoms. The second kappa shape index (κ2) is 5.92. The molecule has 1 amide bonds. The van der Waals surface area contributed by atoms with Crippen molar-refractivity contribution >= 4 is 16.8 Å². The first-order valence-corrected chi connectivity index (χ1v) is 7.99. The highest BCUT2D eigenvalue weighted by Gasteiger charge is 2.17. The molecule has 2 heterocycles. The number of H-pyrrole nitrogens is 1. The van der Waals surface area contributed by atoms with Crippen molar-refractivity contribution in [3.63, 3.8) is 0 Å². The Labute approximate surface area is 139 Å². The third-order valence-corrected chi connectivity index (χ3v) is 4.19. The van der Waals surface area contributed by atoms with Gasteiger partial charge in [0.2, 0.25) is 0 Å². The molecule has 2 aromatic carbocycles. The summed E-state index contributed by atoms with van der Waals surface area (Å²) in [5, 5.41) is 4.04. The van der Waals surface area contributed by atoms with Gasteiger partial charge in [0.15, 0.2) is 11.5 Å². The highest BCUT2D eigenvalue weighted by atomic mass is 16.6. The van der Waals surface area contributed by atoms with Gasteiger partial charge in [-0.1, -0.05) is 24.3 Å². The van der Waals surface area contributed by atoms with E-state index in [1.165, 1.54) is 0 Å². The second-order valence-corrected chi connectivity index (χ2v) is 5.87. The molecule has 122 valence electrons. The Hall–Kier alpha value is -2.95. The molecule has 1 aromatic heterocycles. The fourth-order valence-electron chi connectivity index (χ4n) is 2.88. The Balaban J connectivity index is 1.52. The van der Waals surface area contributed by atoms with Crippen LogP contribution in [0.25, 0.3) is 10.9 Å². The minimum Gasteiger partial charge on any atom is -0.486 e. The van der Waals surface area contributed by atoms with Crippen LogP contribution in [-0.4, -0.2) is 24.1 Å². The smallest absolute Gasteiger partial charge is 0.268 e. The van der Waals surface area contributed by atoms with Crippen molar-refractivity contribution < 1.29 is 14.3 Å². The molecule has 1 aliphatic heterocycles. The first-order chi connectivity index (χ1) is 11.7. The molecule has 0 aliphatic carbocycles. The Morgan fingerprint density at radius 2 is 1.88 bits per heavy atom. The number of aromatic nitrogens is 1. The third-order valence-electron chi connectivity index (χ3n) is 4.19. The minimum atomic E-state index is -0.139. The largest absolute Gasteiger partial charge is 0.486 e. The van der Waals surface area contributed by atoms with Crippen molar-refractivity contribution in [2.24, 2.45) is 0 Å². The molecule has 0 radical (unpaired) electrons. The number of fused-ring (bicyclic) bond motifs is 2. The fourth-order valence-corrected chi connectivity index (χ4v) is 2.88. The normalized spacial score (nSPS) is 14.4. The zero-order chi connectivity index (χ0) is 16.5. The summed E-state index contributed by atoms with van der Waals surface area (Å²) in [6.45, 7) is 3.07. The average Bonchev–Trinajstić information content (AvgIpc) is 3.05. The van der Waals surface area contributed by atoms with Gasteiger partial charge in [0.1, 0.15) is 18.9 Å². The summed E-state index contributed by atoms with van der Waals surface area (Å²) in [6, 6.07) is 15.3. The van der Waals surface area contributed by atoms with E-state index in [1.807, 2.05) is 55.5 Å². The van der Waals surface area contributed by atoms with Crippen LogP contribution >= 0.6 is 0 Å². The van der Waals surface area contributed by atoms with Crippen LogP contribution in [0.3, 0.4) is 0 Å². The summed E-state index contributed by atoms with van der Waals surface area (Å²) in [4.78, 5) is 15.6. The Morgan fingerprint density at radius 1 is 1.08 bits per heavy atom. The number of amides is 1. The summed E-state index contributed by atoms with van der Waals surface area (Å²) in [6.07, 6.45) is 0. The molecule has 24 heavy (non-hydrogen) atoms. The summed E-state index contributed by atoms with van der Waals surface area (Å²) in [5.74, 6) is 1.35. The van der Waals surface area contributed by atoms with Crippen LogP contribution in [-0.2, 0) is 0 Å². The highest BCUT2D eigenvalue weighted by Crippen LogP contribution is 2.32. The van der Waals surface area contributed by atoms with E-state index in [4.69, 9.17) is 9.47 Å². The van der Waals surface area contributed by atoms with Crippen molar-refractivity contribution in [1.29, 1.82) is 0 Å². The zero-order valence-corrected chi connectivity index (χ0v) is 13.3. The van der Waals surface area contributed by atoms with Crippen molar-refractivity contribution in [2.75, 3.05) is 13.2 Å².